The van der Waals surface area contributed by atoms with Gasteiger partial charge in [-0.05, 0) is 39.3 Å². The molecule has 1 rings (SSSR count). The van der Waals surface area contributed by atoms with E-state index >= 15 is 0 Å². The highest BCUT2D eigenvalue weighted by atomic mass is 16.5. The van der Waals surface area contributed by atoms with Crippen molar-refractivity contribution in [1.29, 1.82) is 0 Å². The fourth-order valence-corrected chi connectivity index (χ4v) is 2.67. The number of methoxy groups -OCH3 is 1. The Morgan fingerprint density at radius 3 is 2.44 bits per heavy atom. The summed E-state index contributed by atoms with van der Waals surface area (Å²) in [5.74, 6) is 5.67. The molecule has 1 aliphatic heterocycles. The van der Waals surface area contributed by atoms with E-state index in [-0.39, 0.29) is 11.6 Å². The van der Waals surface area contributed by atoms with Gasteiger partial charge in [-0.25, -0.2) is 0 Å². The van der Waals surface area contributed by atoms with Crippen molar-refractivity contribution in [3.63, 3.8) is 0 Å². The molecule has 1 fully saturated rings. The summed E-state index contributed by atoms with van der Waals surface area (Å²) < 4.78 is 5.26. The van der Waals surface area contributed by atoms with Crippen molar-refractivity contribution in [2.45, 2.75) is 51.1 Å². The van der Waals surface area contributed by atoms with Gasteiger partial charge in [0.25, 0.3) is 0 Å². The van der Waals surface area contributed by atoms with E-state index in [1.807, 2.05) is 0 Å². The number of hydrogen-bond donors (Lipinski definition) is 2. The SMILES string of the molecule is CCC(C)(C(COC)NN)N1CCCCC1. The standard InChI is InChI=1S/C12H27N3O/c1-4-12(2,11(14-13)10-16-3)15-8-6-5-7-9-15/h11,14H,4-10,13H2,1-3H3. The summed E-state index contributed by atoms with van der Waals surface area (Å²) in [6.45, 7) is 7.56. The Balaban J connectivity index is 2.71. The van der Waals surface area contributed by atoms with Gasteiger partial charge in [-0.15, -0.1) is 0 Å². The summed E-state index contributed by atoms with van der Waals surface area (Å²) in [6, 6.07) is 0.195. The number of nitrogens with two attached hydrogens (primary N) is 1. The number of nitrogens with one attached hydrogen (secondary N) is 1. The van der Waals surface area contributed by atoms with Gasteiger partial charge in [-0.1, -0.05) is 13.3 Å². The van der Waals surface area contributed by atoms with E-state index in [0.29, 0.717) is 6.61 Å². The third-order valence-corrected chi connectivity index (χ3v) is 4.08. The maximum atomic E-state index is 5.67. The van der Waals surface area contributed by atoms with E-state index in [1.165, 1.54) is 32.4 Å². The molecule has 16 heavy (non-hydrogen) atoms. The molecule has 0 radical (unpaired) electrons. The maximum Gasteiger partial charge on any atom is 0.0647 e. The fourth-order valence-electron chi connectivity index (χ4n) is 2.67. The topological polar surface area (TPSA) is 50.5 Å². The van der Waals surface area contributed by atoms with Crippen LogP contribution in [0.25, 0.3) is 0 Å². The summed E-state index contributed by atoms with van der Waals surface area (Å²) in [5, 5.41) is 0. The van der Waals surface area contributed by atoms with E-state index in [4.69, 9.17) is 10.6 Å². The van der Waals surface area contributed by atoms with Crippen molar-refractivity contribution in [2.24, 2.45) is 5.84 Å². The summed E-state index contributed by atoms with van der Waals surface area (Å²) in [6.07, 6.45) is 5.06. The van der Waals surface area contributed by atoms with Gasteiger partial charge in [0, 0.05) is 12.6 Å². The van der Waals surface area contributed by atoms with Crippen molar-refractivity contribution >= 4 is 0 Å². The number of hydrogen-bond acceptors (Lipinski definition) is 4. The van der Waals surface area contributed by atoms with Crippen molar-refractivity contribution in [3.8, 4) is 0 Å². The molecule has 0 spiro atoms. The smallest absolute Gasteiger partial charge is 0.0647 e. The second kappa shape index (κ2) is 6.55. The first-order chi connectivity index (χ1) is 7.69. The number of piperidine rings is 1. The quantitative estimate of drug-likeness (QED) is 0.529. The molecular weight excluding hydrogens is 202 g/mol. The average Bonchev–Trinajstić information content (AvgIpc) is 2.36. The lowest BCUT2D eigenvalue weighted by atomic mass is 9.86. The van der Waals surface area contributed by atoms with Crippen LogP contribution in [0.2, 0.25) is 0 Å². The predicted octanol–water partition coefficient (Wildman–Crippen LogP) is 1.12. The molecule has 4 nitrogen and oxygen atoms in total. The van der Waals surface area contributed by atoms with E-state index in [9.17, 15) is 0 Å². The fraction of sp³-hybridized carbons (Fsp3) is 1.00. The molecule has 0 aromatic rings. The highest BCUT2D eigenvalue weighted by Gasteiger charge is 2.38. The van der Waals surface area contributed by atoms with Gasteiger partial charge in [0.2, 0.25) is 0 Å². The maximum absolute atomic E-state index is 5.67. The third-order valence-electron chi connectivity index (χ3n) is 4.08. The van der Waals surface area contributed by atoms with Gasteiger partial charge in [-0.3, -0.25) is 16.2 Å². The third kappa shape index (κ3) is 2.94. The lowest BCUT2D eigenvalue weighted by molar-refractivity contribution is 0.0134. The minimum Gasteiger partial charge on any atom is -0.383 e. The van der Waals surface area contributed by atoms with Crippen molar-refractivity contribution < 1.29 is 4.74 Å². The molecule has 0 bridgehead atoms. The first kappa shape index (κ1) is 13.9. The lowest BCUT2D eigenvalue weighted by Gasteiger charge is -2.47. The molecule has 0 amide bonds. The molecule has 2 atom stereocenters. The van der Waals surface area contributed by atoms with Gasteiger partial charge >= 0.3 is 0 Å². The zero-order valence-electron chi connectivity index (χ0n) is 11.0. The van der Waals surface area contributed by atoms with Crippen LogP contribution in [0.15, 0.2) is 0 Å². The Hall–Kier alpha value is -0.160. The monoisotopic (exact) mass is 229 g/mol. The number of rotatable bonds is 6. The minimum atomic E-state index is 0.102. The Morgan fingerprint density at radius 2 is 2.00 bits per heavy atom. The number of likely N-dealkylation sites (tertiary alicyclic amines) is 1. The molecule has 4 heteroatoms. The van der Waals surface area contributed by atoms with Gasteiger partial charge in [0.15, 0.2) is 0 Å². The highest BCUT2D eigenvalue weighted by Crippen LogP contribution is 2.27. The highest BCUT2D eigenvalue weighted by molar-refractivity contribution is 4.96. The van der Waals surface area contributed by atoms with Crippen LogP contribution in [0, 0.1) is 0 Å². The van der Waals surface area contributed by atoms with Crippen LogP contribution in [0.1, 0.15) is 39.5 Å². The minimum absolute atomic E-state index is 0.102. The van der Waals surface area contributed by atoms with Gasteiger partial charge in [-0.2, -0.15) is 0 Å². The Kier molecular flexibility index (Phi) is 5.69. The van der Waals surface area contributed by atoms with Crippen LogP contribution < -0.4 is 11.3 Å². The van der Waals surface area contributed by atoms with E-state index in [1.54, 1.807) is 7.11 Å². The molecular formula is C12H27N3O. The first-order valence-corrected chi connectivity index (χ1v) is 6.39. The van der Waals surface area contributed by atoms with E-state index < -0.39 is 0 Å². The Bertz CT molecular complexity index is 188. The molecule has 0 saturated carbocycles. The number of ether oxygens (including phenoxy) is 1. The van der Waals surface area contributed by atoms with Crippen LogP contribution >= 0.6 is 0 Å². The van der Waals surface area contributed by atoms with Crippen LogP contribution in [0.5, 0.6) is 0 Å². The Labute approximate surface area is 99.5 Å². The second-order valence-electron chi connectivity index (χ2n) is 4.93. The first-order valence-electron chi connectivity index (χ1n) is 6.39. The van der Waals surface area contributed by atoms with Crippen molar-refractivity contribution in [3.05, 3.63) is 0 Å². The second-order valence-corrected chi connectivity index (χ2v) is 4.93. The molecule has 0 aromatic carbocycles. The molecule has 1 saturated heterocycles. The lowest BCUT2D eigenvalue weighted by Crippen LogP contribution is -2.63. The van der Waals surface area contributed by atoms with Crippen LogP contribution in [0.3, 0.4) is 0 Å². The molecule has 1 heterocycles. The van der Waals surface area contributed by atoms with Crippen LogP contribution in [-0.4, -0.2) is 43.3 Å². The van der Waals surface area contributed by atoms with Crippen LogP contribution in [0.4, 0.5) is 0 Å². The van der Waals surface area contributed by atoms with Gasteiger partial charge in [0.1, 0.15) is 0 Å². The van der Waals surface area contributed by atoms with Crippen molar-refractivity contribution in [2.75, 3.05) is 26.8 Å². The summed E-state index contributed by atoms with van der Waals surface area (Å²) in [7, 11) is 1.73. The zero-order chi connectivity index (χ0) is 12.0. The van der Waals surface area contributed by atoms with Gasteiger partial charge < -0.3 is 4.74 Å². The summed E-state index contributed by atoms with van der Waals surface area (Å²) in [5.41, 5.74) is 3.03. The number of nitrogens with zero attached hydrogens (tertiary/aromatic N) is 1. The predicted molar refractivity (Wildman–Crippen MR) is 67.1 cm³/mol. The van der Waals surface area contributed by atoms with Crippen molar-refractivity contribution in [1.82, 2.24) is 10.3 Å². The largest absolute Gasteiger partial charge is 0.383 e. The molecule has 1 aliphatic rings. The number of hydrazine groups is 1. The molecule has 3 N–H and O–H groups in total. The molecule has 2 unspecified atom stereocenters. The normalized spacial score (nSPS) is 24.0. The Morgan fingerprint density at radius 1 is 1.38 bits per heavy atom. The zero-order valence-corrected chi connectivity index (χ0v) is 11.0. The summed E-state index contributed by atoms with van der Waals surface area (Å²) in [4.78, 5) is 2.57. The summed E-state index contributed by atoms with van der Waals surface area (Å²) >= 11 is 0. The average molecular weight is 229 g/mol. The van der Waals surface area contributed by atoms with Crippen LogP contribution in [-0.2, 0) is 4.74 Å². The molecule has 96 valence electrons. The van der Waals surface area contributed by atoms with E-state index in [0.717, 1.165) is 6.42 Å². The van der Waals surface area contributed by atoms with Gasteiger partial charge in [0.05, 0.1) is 12.6 Å². The molecule has 0 aliphatic carbocycles. The molecule has 0 aromatic heterocycles. The van der Waals surface area contributed by atoms with E-state index in [2.05, 4.69) is 24.2 Å².